The first-order valence-electron chi connectivity index (χ1n) is 5.74. The van der Waals surface area contributed by atoms with Gasteiger partial charge in [-0.25, -0.2) is 0 Å². The molecule has 2 atom stereocenters. The second-order valence-corrected chi connectivity index (χ2v) is 5.12. The van der Waals surface area contributed by atoms with Crippen LogP contribution in [0.5, 0.6) is 0 Å². The van der Waals surface area contributed by atoms with Gasteiger partial charge in [-0.2, -0.15) is 0 Å². The van der Waals surface area contributed by atoms with Crippen molar-refractivity contribution in [3.05, 3.63) is 22.4 Å². The molecule has 0 saturated carbocycles. The van der Waals surface area contributed by atoms with Crippen LogP contribution in [0.2, 0.25) is 0 Å². The summed E-state index contributed by atoms with van der Waals surface area (Å²) in [5, 5.41) is 5.60. The van der Waals surface area contributed by atoms with Gasteiger partial charge < -0.3 is 10.1 Å². The van der Waals surface area contributed by atoms with Gasteiger partial charge in [0.2, 0.25) is 0 Å². The van der Waals surface area contributed by atoms with E-state index in [-0.39, 0.29) is 6.10 Å². The zero-order chi connectivity index (χ0) is 10.5. The minimum atomic E-state index is 0.244. The van der Waals surface area contributed by atoms with E-state index in [1.54, 1.807) is 11.3 Å². The molecule has 1 aliphatic heterocycles. The van der Waals surface area contributed by atoms with E-state index in [4.69, 9.17) is 4.74 Å². The molecule has 0 bridgehead atoms. The summed E-state index contributed by atoms with van der Waals surface area (Å²) in [4.78, 5) is 1.32. The highest BCUT2D eigenvalue weighted by molar-refractivity contribution is 7.10. The van der Waals surface area contributed by atoms with E-state index < -0.39 is 0 Å². The Labute approximate surface area is 95.6 Å². The van der Waals surface area contributed by atoms with Crippen LogP contribution in [0.4, 0.5) is 0 Å². The third kappa shape index (κ3) is 3.30. The normalized spacial score (nSPS) is 23.9. The highest BCUT2D eigenvalue weighted by Gasteiger charge is 2.14. The van der Waals surface area contributed by atoms with Crippen molar-refractivity contribution >= 4 is 11.3 Å². The number of rotatable bonds is 4. The Kier molecular flexibility index (Phi) is 4.18. The Morgan fingerprint density at radius 1 is 1.60 bits per heavy atom. The molecule has 1 N–H and O–H groups in total. The summed E-state index contributed by atoms with van der Waals surface area (Å²) in [7, 11) is 0. The SMILES string of the molecule is C[C@H](OC[C@H]1CCCCN1)c1cccs1. The van der Waals surface area contributed by atoms with Gasteiger partial charge in [0.05, 0.1) is 12.7 Å². The maximum absolute atomic E-state index is 5.87. The van der Waals surface area contributed by atoms with Crippen LogP contribution in [0.1, 0.15) is 37.2 Å². The molecule has 1 fully saturated rings. The standard InChI is InChI=1S/C12H19NOS/c1-10(12-6-4-8-15-12)14-9-11-5-2-3-7-13-11/h4,6,8,10-11,13H,2-3,5,7,9H2,1H3/t10-,11+/m0/s1. The molecule has 0 aliphatic carbocycles. The molecular weight excluding hydrogens is 206 g/mol. The van der Waals surface area contributed by atoms with E-state index in [0.29, 0.717) is 6.04 Å². The summed E-state index contributed by atoms with van der Waals surface area (Å²) < 4.78 is 5.87. The summed E-state index contributed by atoms with van der Waals surface area (Å²) in [5.74, 6) is 0. The Bertz CT molecular complexity index is 267. The summed E-state index contributed by atoms with van der Waals surface area (Å²) in [6, 6.07) is 4.80. The van der Waals surface area contributed by atoms with Crippen LogP contribution in [0.25, 0.3) is 0 Å². The fourth-order valence-corrected chi connectivity index (χ4v) is 2.66. The lowest BCUT2D eigenvalue weighted by molar-refractivity contribution is 0.0461. The molecular formula is C12H19NOS. The van der Waals surface area contributed by atoms with Gasteiger partial charge in [0.25, 0.3) is 0 Å². The number of hydrogen-bond donors (Lipinski definition) is 1. The molecule has 15 heavy (non-hydrogen) atoms. The monoisotopic (exact) mass is 225 g/mol. The van der Waals surface area contributed by atoms with E-state index in [1.165, 1.54) is 24.1 Å². The van der Waals surface area contributed by atoms with Crippen molar-refractivity contribution in [3.8, 4) is 0 Å². The predicted octanol–water partition coefficient (Wildman–Crippen LogP) is 2.97. The highest BCUT2D eigenvalue weighted by atomic mass is 32.1. The second kappa shape index (κ2) is 5.64. The van der Waals surface area contributed by atoms with Crippen LogP contribution < -0.4 is 5.32 Å². The molecule has 2 nitrogen and oxygen atoms in total. The molecule has 3 heteroatoms. The molecule has 0 amide bonds. The molecule has 1 aromatic heterocycles. The predicted molar refractivity (Wildman–Crippen MR) is 64.3 cm³/mol. The molecule has 0 radical (unpaired) electrons. The van der Waals surface area contributed by atoms with Crippen LogP contribution in [-0.4, -0.2) is 19.2 Å². The number of hydrogen-bond acceptors (Lipinski definition) is 3. The highest BCUT2D eigenvalue weighted by Crippen LogP contribution is 2.22. The molecule has 1 aliphatic rings. The zero-order valence-corrected chi connectivity index (χ0v) is 10.1. The van der Waals surface area contributed by atoms with Gasteiger partial charge in [0.1, 0.15) is 0 Å². The van der Waals surface area contributed by atoms with Gasteiger partial charge in [-0.05, 0) is 37.8 Å². The molecule has 2 rings (SSSR count). The van der Waals surface area contributed by atoms with Crippen molar-refractivity contribution in [1.29, 1.82) is 0 Å². The quantitative estimate of drug-likeness (QED) is 0.850. The maximum atomic E-state index is 5.87. The van der Waals surface area contributed by atoms with Crippen molar-refractivity contribution < 1.29 is 4.74 Å². The van der Waals surface area contributed by atoms with Gasteiger partial charge in [0.15, 0.2) is 0 Å². The van der Waals surface area contributed by atoms with Gasteiger partial charge in [0, 0.05) is 10.9 Å². The Morgan fingerprint density at radius 3 is 3.20 bits per heavy atom. The van der Waals surface area contributed by atoms with Crippen LogP contribution in [0.15, 0.2) is 17.5 Å². The molecule has 0 aromatic carbocycles. The van der Waals surface area contributed by atoms with E-state index in [2.05, 4.69) is 29.8 Å². The van der Waals surface area contributed by atoms with Gasteiger partial charge >= 0.3 is 0 Å². The van der Waals surface area contributed by atoms with Crippen LogP contribution in [-0.2, 0) is 4.74 Å². The number of piperidine rings is 1. The Balaban J connectivity index is 1.73. The third-order valence-electron chi connectivity index (χ3n) is 2.90. The summed E-state index contributed by atoms with van der Waals surface area (Å²) in [5.41, 5.74) is 0. The Hall–Kier alpha value is -0.380. The maximum Gasteiger partial charge on any atom is 0.0889 e. The third-order valence-corrected chi connectivity index (χ3v) is 3.94. The van der Waals surface area contributed by atoms with Gasteiger partial charge in [-0.3, -0.25) is 0 Å². The molecule has 1 saturated heterocycles. The fourth-order valence-electron chi connectivity index (χ4n) is 1.93. The molecule has 84 valence electrons. The second-order valence-electron chi connectivity index (χ2n) is 4.14. The van der Waals surface area contributed by atoms with Crippen molar-refractivity contribution in [3.63, 3.8) is 0 Å². The summed E-state index contributed by atoms with van der Waals surface area (Å²) in [6.45, 7) is 4.13. The molecule has 0 spiro atoms. The van der Waals surface area contributed by atoms with Crippen LogP contribution in [0.3, 0.4) is 0 Å². The number of thiophene rings is 1. The van der Waals surface area contributed by atoms with Crippen molar-refractivity contribution in [2.45, 2.75) is 38.3 Å². The van der Waals surface area contributed by atoms with Gasteiger partial charge in [-0.1, -0.05) is 12.5 Å². The van der Waals surface area contributed by atoms with E-state index in [1.807, 2.05) is 0 Å². The van der Waals surface area contributed by atoms with Crippen molar-refractivity contribution in [2.24, 2.45) is 0 Å². The minimum Gasteiger partial charge on any atom is -0.371 e. The summed E-state index contributed by atoms with van der Waals surface area (Å²) >= 11 is 1.77. The molecule has 2 heterocycles. The molecule has 1 aromatic rings. The van der Waals surface area contributed by atoms with E-state index >= 15 is 0 Å². The zero-order valence-electron chi connectivity index (χ0n) is 9.24. The lowest BCUT2D eigenvalue weighted by Crippen LogP contribution is -2.37. The first-order valence-corrected chi connectivity index (χ1v) is 6.62. The fraction of sp³-hybridized carbons (Fsp3) is 0.667. The Morgan fingerprint density at radius 2 is 2.53 bits per heavy atom. The average molecular weight is 225 g/mol. The minimum absolute atomic E-state index is 0.244. The molecule has 0 unspecified atom stereocenters. The lowest BCUT2D eigenvalue weighted by Gasteiger charge is -2.24. The smallest absolute Gasteiger partial charge is 0.0889 e. The van der Waals surface area contributed by atoms with E-state index in [9.17, 15) is 0 Å². The topological polar surface area (TPSA) is 21.3 Å². The number of nitrogens with one attached hydrogen (secondary N) is 1. The largest absolute Gasteiger partial charge is 0.371 e. The van der Waals surface area contributed by atoms with Crippen molar-refractivity contribution in [1.82, 2.24) is 5.32 Å². The first-order chi connectivity index (χ1) is 7.36. The van der Waals surface area contributed by atoms with E-state index in [0.717, 1.165) is 13.2 Å². The lowest BCUT2D eigenvalue weighted by atomic mass is 10.1. The van der Waals surface area contributed by atoms with Crippen LogP contribution in [0, 0.1) is 0 Å². The van der Waals surface area contributed by atoms with Crippen LogP contribution >= 0.6 is 11.3 Å². The first kappa shape index (κ1) is 11.1. The van der Waals surface area contributed by atoms with Gasteiger partial charge in [-0.15, -0.1) is 11.3 Å². The number of ether oxygens (including phenoxy) is 1. The summed E-state index contributed by atoms with van der Waals surface area (Å²) in [6.07, 6.45) is 4.16. The van der Waals surface area contributed by atoms with Crippen molar-refractivity contribution in [2.75, 3.05) is 13.2 Å². The average Bonchev–Trinajstić information content (AvgIpc) is 2.81.